The molecule has 0 amide bonds. The van der Waals surface area contributed by atoms with E-state index in [1.807, 2.05) is 27.7 Å². The minimum atomic E-state index is -0.189. The van der Waals surface area contributed by atoms with Gasteiger partial charge in [-0.1, -0.05) is 5.16 Å². The smallest absolute Gasteiger partial charge is 0.169 e. The fraction of sp³-hybridized carbons (Fsp3) is 0.750. The number of hydrogen-bond acceptors (Lipinski definition) is 5. The second kappa shape index (κ2) is 7.42. The molecular weight excluding hydrogens is 220 g/mol. The molecule has 0 bridgehead atoms. The molecule has 98 valence electrons. The third kappa shape index (κ3) is 4.46. The predicted octanol–water partition coefficient (Wildman–Crippen LogP) is 1.78. The standard InChI is InChI=1S/C12H22N2O3/c1-5-15-12(16-6-2)8-13-7-11-9(3)14-17-10(11)4/h12-13H,5-8H2,1-4H3. The molecule has 0 saturated carbocycles. The highest BCUT2D eigenvalue weighted by Gasteiger charge is 2.11. The molecular formula is C12H22N2O3. The predicted molar refractivity (Wildman–Crippen MR) is 64.7 cm³/mol. The second-order valence-corrected chi connectivity index (χ2v) is 3.77. The van der Waals surface area contributed by atoms with Gasteiger partial charge >= 0.3 is 0 Å². The summed E-state index contributed by atoms with van der Waals surface area (Å²) in [6, 6.07) is 0. The molecule has 0 spiro atoms. The third-order valence-electron chi connectivity index (χ3n) is 2.50. The van der Waals surface area contributed by atoms with Crippen LogP contribution in [0.25, 0.3) is 0 Å². The van der Waals surface area contributed by atoms with E-state index in [2.05, 4.69) is 10.5 Å². The van der Waals surface area contributed by atoms with Gasteiger partial charge in [0.15, 0.2) is 6.29 Å². The van der Waals surface area contributed by atoms with Crippen LogP contribution in [0.3, 0.4) is 0 Å². The van der Waals surface area contributed by atoms with Crippen molar-refractivity contribution >= 4 is 0 Å². The van der Waals surface area contributed by atoms with Gasteiger partial charge in [0.25, 0.3) is 0 Å². The Hall–Kier alpha value is -0.910. The average Bonchev–Trinajstić information content (AvgIpc) is 2.61. The van der Waals surface area contributed by atoms with Crippen molar-refractivity contribution in [1.82, 2.24) is 10.5 Å². The molecule has 5 nitrogen and oxygen atoms in total. The lowest BCUT2D eigenvalue weighted by Crippen LogP contribution is -2.31. The molecule has 1 rings (SSSR count). The van der Waals surface area contributed by atoms with Crippen LogP contribution < -0.4 is 5.32 Å². The Morgan fingerprint density at radius 1 is 1.24 bits per heavy atom. The summed E-state index contributed by atoms with van der Waals surface area (Å²) in [5, 5.41) is 7.20. The zero-order chi connectivity index (χ0) is 12.7. The van der Waals surface area contributed by atoms with Crippen LogP contribution in [0.4, 0.5) is 0 Å². The van der Waals surface area contributed by atoms with Crippen molar-refractivity contribution in [2.75, 3.05) is 19.8 Å². The first-order valence-corrected chi connectivity index (χ1v) is 6.04. The summed E-state index contributed by atoms with van der Waals surface area (Å²) in [6.45, 7) is 10.5. The Morgan fingerprint density at radius 3 is 2.35 bits per heavy atom. The van der Waals surface area contributed by atoms with Crippen LogP contribution >= 0.6 is 0 Å². The molecule has 5 heteroatoms. The summed E-state index contributed by atoms with van der Waals surface area (Å²) in [5.74, 6) is 0.861. The number of nitrogens with zero attached hydrogens (tertiary/aromatic N) is 1. The highest BCUT2D eigenvalue weighted by Crippen LogP contribution is 2.11. The van der Waals surface area contributed by atoms with E-state index in [4.69, 9.17) is 14.0 Å². The lowest BCUT2D eigenvalue weighted by molar-refractivity contribution is -0.133. The molecule has 1 aromatic rings. The SMILES string of the molecule is CCOC(CNCc1c(C)noc1C)OCC. The molecule has 0 atom stereocenters. The molecule has 0 aliphatic rings. The Kier molecular flexibility index (Phi) is 6.18. The summed E-state index contributed by atoms with van der Waals surface area (Å²) in [6.07, 6.45) is -0.189. The monoisotopic (exact) mass is 242 g/mol. The van der Waals surface area contributed by atoms with Gasteiger partial charge in [-0.15, -0.1) is 0 Å². The van der Waals surface area contributed by atoms with Crippen LogP contribution in [-0.4, -0.2) is 31.2 Å². The summed E-state index contributed by atoms with van der Waals surface area (Å²) in [5.41, 5.74) is 2.04. The fourth-order valence-electron chi connectivity index (χ4n) is 1.61. The summed E-state index contributed by atoms with van der Waals surface area (Å²) in [4.78, 5) is 0. The Bertz CT molecular complexity index is 300. The van der Waals surface area contributed by atoms with Gasteiger partial charge in [0.05, 0.1) is 5.69 Å². The highest BCUT2D eigenvalue weighted by molar-refractivity contribution is 5.20. The zero-order valence-corrected chi connectivity index (χ0v) is 11.1. The molecule has 0 aliphatic heterocycles. The quantitative estimate of drug-likeness (QED) is 0.704. The highest BCUT2D eigenvalue weighted by atomic mass is 16.7. The van der Waals surface area contributed by atoms with Crippen molar-refractivity contribution in [3.05, 3.63) is 17.0 Å². The van der Waals surface area contributed by atoms with Crippen molar-refractivity contribution in [2.24, 2.45) is 0 Å². The number of ether oxygens (including phenoxy) is 2. The molecule has 1 N–H and O–H groups in total. The first kappa shape index (κ1) is 14.2. The summed E-state index contributed by atoms with van der Waals surface area (Å²) < 4.78 is 16.0. The normalized spacial score (nSPS) is 11.4. The molecule has 0 aromatic carbocycles. The molecule has 0 radical (unpaired) electrons. The van der Waals surface area contributed by atoms with E-state index in [0.717, 1.165) is 23.6 Å². The Labute approximate surface area is 102 Å². The number of aromatic nitrogens is 1. The van der Waals surface area contributed by atoms with Crippen LogP contribution in [0.2, 0.25) is 0 Å². The fourth-order valence-corrected chi connectivity index (χ4v) is 1.61. The van der Waals surface area contributed by atoms with Crippen molar-refractivity contribution in [2.45, 2.75) is 40.5 Å². The number of aryl methyl sites for hydroxylation is 2. The van der Waals surface area contributed by atoms with Crippen molar-refractivity contribution in [3.8, 4) is 0 Å². The number of rotatable bonds is 8. The van der Waals surface area contributed by atoms with E-state index in [1.54, 1.807) is 0 Å². The van der Waals surface area contributed by atoms with Crippen LogP contribution in [-0.2, 0) is 16.0 Å². The Morgan fingerprint density at radius 2 is 1.88 bits per heavy atom. The number of nitrogens with one attached hydrogen (secondary N) is 1. The maximum Gasteiger partial charge on any atom is 0.169 e. The second-order valence-electron chi connectivity index (χ2n) is 3.77. The lowest BCUT2D eigenvalue weighted by Gasteiger charge is -2.17. The average molecular weight is 242 g/mol. The van der Waals surface area contributed by atoms with Gasteiger partial charge in [0.2, 0.25) is 0 Å². The molecule has 0 unspecified atom stereocenters. The Balaban J connectivity index is 2.35. The maximum absolute atomic E-state index is 5.44. The van der Waals surface area contributed by atoms with Gasteiger partial charge in [0.1, 0.15) is 5.76 Å². The van der Waals surface area contributed by atoms with E-state index in [1.165, 1.54) is 0 Å². The first-order chi connectivity index (χ1) is 8.19. The largest absolute Gasteiger partial charge is 0.361 e. The van der Waals surface area contributed by atoms with Gasteiger partial charge in [-0.25, -0.2) is 0 Å². The maximum atomic E-state index is 5.44. The van der Waals surface area contributed by atoms with Gasteiger partial charge in [0, 0.05) is 31.9 Å². The first-order valence-electron chi connectivity index (χ1n) is 6.04. The van der Waals surface area contributed by atoms with Gasteiger partial charge in [-0.3, -0.25) is 0 Å². The van der Waals surface area contributed by atoms with Gasteiger partial charge < -0.3 is 19.3 Å². The lowest BCUT2D eigenvalue weighted by atomic mass is 10.2. The van der Waals surface area contributed by atoms with Crippen LogP contribution in [0.5, 0.6) is 0 Å². The van der Waals surface area contributed by atoms with E-state index in [0.29, 0.717) is 19.8 Å². The summed E-state index contributed by atoms with van der Waals surface area (Å²) in [7, 11) is 0. The summed E-state index contributed by atoms with van der Waals surface area (Å²) >= 11 is 0. The topological polar surface area (TPSA) is 56.5 Å². The van der Waals surface area contributed by atoms with Crippen molar-refractivity contribution in [1.29, 1.82) is 0 Å². The van der Waals surface area contributed by atoms with Crippen molar-refractivity contribution < 1.29 is 14.0 Å². The van der Waals surface area contributed by atoms with Gasteiger partial charge in [-0.05, 0) is 27.7 Å². The van der Waals surface area contributed by atoms with Crippen LogP contribution in [0.15, 0.2) is 4.52 Å². The minimum Gasteiger partial charge on any atom is -0.361 e. The molecule has 0 saturated heterocycles. The van der Waals surface area contributed by atoms with E-state index >= 15 is 0 Å². The van der Waals surface area contributed by atoms with Crippen LogP contribution in [0.1, 0.15) is 30.9 Å². The van der Waals surface area contributed by atoms with Gasteiger partial charge in [-0.2, -0.15) is 0 Å². The number of hydrogen-bond donors (Lipinski definition) is 1. The third-order valence-corrected chi connectivity index (χ3v) is 2.50. The molecule has 0 fully saturated rings. The van der Waals surface area contributed by atoms with E-state index < -0.39 is 0 Å². The minimum absolute atomic E-state index is 0.189. The van der Waals surface area contributed by atoms with E-state index in [-0.39, 0.29) is 6.29 Å². The molecule has 1 aromatic heterocycles. The van der Waals surface area contributed by atoms with E-state index in [9.17, 15) is 0 Å². The molecule has 0 aliphatic carbocycles. The van der Waals surface area contributed by atoms with Crippen molar-refractivity contribution in [3.63, 3.8) is 0 Å². The molecule has 1 heterocycles. The zero-order valence-electron chi connectivity index (χ0n) is 11.1. The molecule has 17 heavy (non-hydrogen) atoms. The van der Waals surface area contributed by atoms with Crippen LogP contribution in [0, 0.1) is 13.8 Å².